The Morgan fingerprint density at radius 1 is 1.40 bits per heavy atom. The summed E-state index contributed by atoms with van der Waals surface area (Å²) in [5, 5.41) is 10.8. The van der Waals surface area contributed by atoms with Gasteiger partial charge in [0.1, 0.15) is 0 Å². The van der Waals surface area contributed by atoms with E-state index in [9.17, 15) is 0 Å². The fourth-order valence-electron chi connectivity index (χ4n) is 2.12. The molecule has 0 unspecified atom stereocenters. The maximum Gasteiger partial charge on any atom is 0.0638 e. The molecule has 0 amide bonds. The Bertz CT molecular complexity index is 317. The average Bonchev–Trinajstić information content (AvgIpc) is 2.95. The largest absolute Gasteiger partial charge is 0.312 e. The lowest BCUT2D eigenvalue weighted by Gasteiger charge is -2.13. The number of nitrogens with zero attached hydrogens (tertiary/aromatic N) is 1. The summed E-state index contributed by atoms with van der Waals surface area (Å²) >= 11 is 0. The van der Waals surface area contributed by atoms with Crippen molar-refractivity contribution in [3.63, 3.8) is 0 Å². The highest BCUT2D eigenvalue weighted by molar-refractivity contribution is 5.22. The third-order valence-electron chi connectivity index (χ3n) is 3.79. The van der Waals surface area contributed by atoms with E-state index in [0.717, 1.165) is 18.8 Å². The Labute approximate surface area is 91.7 Å². The topological polar surface area (TPSA) is 40.7 Å². The van der Waals surface area contributed by atoms with Gasteiger partial charge in [-0.05, 0) is 38.5 Å². The first kappa shape index (κ1) is 10.7. The first-order valence-corrected chi connectivity index (χ1v) is 5.88. The van der Waals surface area contributed by atoms with Gasteiger partial charge >= 0.3 is 0 Å². The van der Waals surface area contributed by atoms with E-state index in [0.29, 0.717) is 5.41 Å². The molecule has 84 valence electrons. The molecule has 15 heavy (non-hydrogen) atoms. The van der Waals surface area contributed by atoms with Gasteiger partial charge < -0.3 is 5.32 Å². The normalized spacial score (nSPS) is 18.1. The molecule has 2 rings (SSSR count). The van der Waals surface area contributed by atoms with Crippen LogP contribution in [0.15, 0.2) is 0 Å². The fraction of sp³-hybridized carbons (Fsp3) is 0.750. The van der Waals surface area contributed by atoms with Crippen molar-refractivity contribution >= 4 is 0 Å². The second-order valence-corrected chi connectivity index (χ2v) is 4.87. The summed E-state index contributed by atoms with van der Waals surface area (Å²) in [6.45, 7) is 8.56. The van der Waals surface area contributed by atoms with Crippen LogP contribution in [0.2, 0.25) is 0 Å². The van der Waals surface area contributed by atoms with Gasteiger partial charge in [0.15, 0.2) is 0 Å². The minimum atomic E-state index is 0.631. The summed E-state index contributed by atoms with van der Waals surface area (Å²) in [5.41, 5.74) is 4.29. The van der Waals surface area contributed by atoms with Crippen molar-refractivity contribution < 1.29 is 0 Å². The number of hydrogen-bond acceptors (Lipinski definition) is 2. The molecule has 1 aliphatic carbocycles. The molecule has 0 aromatic carbocycles. The Morgan fingerprint density at radius 3 is 2.60 bits per heavy atom. The van der Waals surface area contributed by atoms with E-state index in [1.165, 1.54) is 30.5 Å². The molecule has 1 heterocycles. The molecule has 1 fully saturated rings. The maximum absolute atomic E-state index is 4.20. The van der Waals surface area contributed by atoms with Gasteiger partial charge in [-0.25, -0.2) is 0 Å². The third-order valence-corrected chi connectivity index (χ3v) is 3.79. The smallest absolute Gasteiger partial charge is 0.0638 e. The highest BCUT2D eigenvalue weighted by Gasteiger charge is 2.39. The van der Waals surface area contributed by atoms with Gasteiger partial charge in [0, 0.05) is 24.3 Å². The van der Waals surface area contributed by atoms with E-state index in [1.807, 2.05) is 0 Å². The number of aryl methyl sites for hydroxylation is 2. The molecule has 0 atom stereocenters. The number of nitrogens with one attached hydrogen (secondary N) is 2. The molecule has 0 saturated heterocycles. The number of rotatable bonds is 5. The van der Waals surface area contributed by atoms with Gasteiger partial charge in [-0.1, -0.05) is 6.92 Å². The van der Waals surface area contributed by atoms with Crippen LogP contribution in [0.5, 0.6) is 0 Å². The fourth-order valence-corrected chi connectivity index (χ4v) is 2.12. The van der Waals surface area contributed by atoms with Crippen LogP contribution < -0.4 is 5.32 Å². The van der Waals surface area contributed by atoms with Crippen LogP contribution in [-0.2, 0) is 6.54 Å². The number of H-pyrrole nitrogens is 1. The molecule has 1 saturated carbocycles. The van der Waals surface area contributed by atoms with Gasteiger partial charge in [0.2, 0.25) is 0 Å². The van der Waals surface area contributed by atoms with Crippen LogP contribution in [0.4, 0.5) is 0 Å². The minimum absolute atomic E-state index is 0.631. The predicted molar refractivity (Wildman–Crippen MR) is 61.7 cm³/mol. The molecule has 3 nitrogen and oxygen atoms in total. The van der Waals surface area contributed by atoms with Crippen molar-refractivity contribution in [3.8, 4) is 0 Å². The van der Waals surface area contributed by atoms with Crippen LogP contribution in [0.3, 0.4) is 0 Å². The molecular weight excluding hydrogens is 186 g/mol. The Kier molecular flexibility index (Phi) is 2.83. The molecule has 1 aromatic rings. The summed E-state index contributed by atoms with van der Waals surface area (Å²) in [7, 11) is 0. The van der Waals surface area contributed by atoms with Crippen LogP contribution in [0.25, 0.3) is 0 Å². The quantitative estimate of drug-likeness (QED) is 0.778. The Hall–Kier alpha value is -0.830. The summed E-state index contributed by atoms with van der Waals surface area (Å²) in [6.07, 6.45) is 4.11. The standard InChI is InChI=1S/C12H21N3/c1-4-12(5-6-12)8-13-7-11-9(2)14-15-10(11)3/h13H,4-8H2,1-3H3,(H,14,15). The monoisotopic (exact) mass is 207 g/mol. The Morgan fingerprint density at radius 2 is 2.13 bits per heavy atom. The van der Waals surface area contributed by atoms with Gasteiger partial charge in [0.25, 0.3) is 0 Å². The number of aromatic nitrogens is 2. The van der Waals surface area contributed by atoms with Crippen LogP contribution in [0.1, 0.15) is 43.1 Å². The summed E-state index contributed by atoms with van der Waals surface area (Å²) < 4.78 is 0. The highest BCUT2D eigenvalue weighted by Crippen LogP contribution is 2.47. The molecule has 0 aliphatic heterocycles. The van der Waals surface area contributed by atoms with Crippen molar-refractivity contribution in [2.45, 2.75) is 46.6 Å². The zero-order chi connectivity index (χ0) is 10.9. The van der Waals surface area contributed by atoms with E-state index in [2.05, 4.69) is 36.3 Å². The van der Waals surface area contributed by atoms with Crippen molar-refractivity contribution in [1.82, 2.24) is 15.5 Å². The molecule has 1 aromatic heterocycles. The molecule has 3 heteroatoms. The number of hydrogen-bond donors (Lipinski definition) is 2. The number of aromatic amines is 1. The lowest BCUT2D eigenvalue weighted by molar-refractivity contribution is 0.443. The van der Waals surface area contributed by atoms with Crippen LogP contribution >= 0.6 is 0 Å². The summed E-state index contributed by atoms with van der Waals surface area (Å²) in [4.78, 5) is 0. The van der Waals surface area contributed by atoms with E-state index in [-0.39, 0.29) is 0 Å². The summed E-state index contributed by atoms with van der Waals surface area (Å²) in [5.74, 6) is 0. The Balaban J connectivity index is 1.83. The first-order valence-electron chi connectivity index (χ1n) is 5.88. The van der Waals surface area contributed by atoms with Crippen molar-refractivity contribution in [3.05, 3.63) is 17.0 Å². The minimum Gasteiger partial charge on any atom is -0.312 e. The molecule has 0 radical (unpaired) electrons. The van der Waals surface area contributed by atoms with Gasteiger partial charge in [-0.3, -0.25) is 5.10 Å². The molecule has 1 aliphatic rings. The zero-order valence-corrected chi connectivity index (χ0v) is 9.98. The van der Waals surface area contributed by atoms with E-state index >= 15 is 0 Å². The van der Waals surface area contributed by atoms with Crippen molar-refractivity contribution in [2.24, 2.45) is 5.41 Å². The van der Waals surface area contributed by atoms with Crippen molar-refractivity contribution in [1.29, 1.82) is 0 Å². The molecular formula is C12H21N3. The SMILES string of the molecule is CCC1(CNCc2c(C)n[nH]c2C)CC1. The lowest BCUT2D eigenvalue weighted by Crippen LogP contribution is -2.23. The molecule has 0 bridgehead atoms. The van der Waals surface area contributed by atoms with Gasteiger partial charge in [-0.2, -0.15) is 5.10 Å². The second-order valence-electron chi connectivity index (χ2n) is 4.87. The van der Waals surface area contributed by atoms with E-state index in [4.69, 9.17) is 0 Å². The van der Waals surface area contributed by atoms with Crippen LogP contribution in [-0.4, -0.2) is 16.7 Å². The van der Waals surface area contributed by atoms with Crippen molar-refractivity contribution in [2.75, 3.05) is 6.54 Å². The van der Waals surface area contributed by atoms with Gasteiger partial charge in [-0.15, -0.1) is 0 Å². The molecule has 2 N–H and O–H groups in total. The first-order chi connectivity index (χ1) is 7.17. The molecule has 0 spiro atoms. The lowest BCUT2D eigenvalue weighted by atomic mass is 10.0. The van der Waals surface area contributed by atoms with Gasteiger partial charge in [0.05, 0.1) is 5.69 Å². The highest BCUT2D eigenvalue weighted by atomic mass is 15.1. The predicted octanol–water partition coefficient (Wildman–Crippen LogP) is 2.31. The maximum atomic E-state index is 4.20. The summed E-state index contributed by atoms with van der Waals surface area (Å²) in [6, 6.07) is 0. The van der Waals surface area contributed by atoms with E-state index in [1.54, 1.807) is 0 Å². The zero-order valence-electron chi connectivity index (χ0n) is 9.98. The third kappa shape index (κ3) is 2.23. The van der Waals surface area contributed by atoms with E-state index < -0.39 is 0 Å². The van der Waals surface area contributed by atoms with Crippen LogP contribution in [0, 0.1) is 19.3 Å². The average molecular weight is 207 g/mol. The second kappa shape index (κ2) is 3.97.